The van der Waals surface area contributed by atoms with Gasteiger partial charge in [0, 0.05) is 25.1 Å². The Labute approximate surface area is 128 Å². The van der Waals surface area contributed by atoms with Crippen molar-refractivity contribution in [2.75, 3.05) is 0 Å². The minimum Gasteiger partial charge on any atom is -0.326 e. The van der Waals surface area contributed by atoms with Crippen molar-refractivity contribution >= 4 is 17.7 Å². The standard InChI is InChI=1S/C16H19N3O3/c1-9-10(7-17)5-6-11-12(9)8-19(16(11)22)13-3-2-4-14(20)18-15(13)21/h5-6,13H,2-4,7-8,17H2,1H3,(H,18,20,21)/t13-/m0/s1. The predicted molar refractivity (Wildman–Crippen MR) is 79.7 cm³/mol. The summed E-state index contributed by atoms with van der Waals surface area (Å²) in [6.45, 7) is 2.78. The number of hydrogen-bond acceptors (Lipinski definition) is 4. The Morgan fingerprint density at radius 1 is 1.32 bits per heavy atom. The van der Waals surface area contributed by atoms with Crippen molar-refractivity contribution in [3.05, 3.63) is 34.4 Å². The van der Waals surface area contributed by atoms with Crippen LogP contribution in [0.5, 0.6) is 0 Å². The second-order valence-corrected chi connectivity index (χ2v) is 5.83. The van der Waals surface area contributed by atoms with Gasteiger partial charge in [0.05, 0.1) is 0 Å². The second kappa shape index (κ2) is 5.53. The lowest BCUT2D eigenvalue weighted by Gasteiger charge is -2.24. The molecule has 3 amide bonds. The molecule has 3 N–H and O–H groups in total. The van der Waals surface area contributed by atoms with Crippen LogP contribution in [-0.4, -0.2) is 28.7 Å². The number of amides is 3. The van der Waals surface area contributed by atoms with Crippen molar-refractivity contribution in [1.82, 2.24) is 10.2 Å². The number of carbonyl (C=O) groups is 3. The topological polar surface area (TPSA) is 92.5 Å². The number of nitrogens with two attached hydrogens (primary N) is 1. The van der Waals surface area contributed by atoms with Crippen LogP contribution in [0.1, 0.15) is 46.3 Å². The van der Waals surface area contributed by atoms with Gasteiger partial charge in [-0.05, 0) is 42.5 Å². The van der Waals surface area contributed by atoms with Crippen LogP contribution in [0.4, 0.5) is 0 Å². The van der Waals surface area contributed by atoms with Crippen LogP contribution in [0.25, 0.3) is 0 Å². The van der Waals surface area contributed by atoms with Gasteiger partial charge in [-0.25, -0.2) is 0 Å². The van der Waals surface area contributed by atoms with Gasteiger partial charge in [-0.1, -0.05) is 6.07 Å². The van der Waals surface area contributed by atoms with Gasteiger partial charge in [-0.15, -0.1) is 0 Å². The summed E-state index contributed by atoms with van der Waals surface area (Å²) in [5, 5.41) is 2.36. The highest BCUT2D eigenvalue weighted by Gasteiger charge is 2.38. The molecule has 0 aromatic heterocycles. The van der Waals surface area contributed by atoms with E-state index < -0.39 is 6.04 Å². The maximum atomic E-state index is 12.6. The molecule has 0 radical (unpaired) electrons. The van der Waals surface area contributed by atoms with E-state index in [-0.39, 0.29) is 17.7 Å². The molecule has 1 aromatic carbocycles. The van der Waals surface area contributed by atoms with E-state index in [9.17, 15) is 14.4 Å². The number of benzene rings is 1. The van der Waals surface area contributed by atoms with E-state index in [1.165, 1.54) is 0 Å². The highest BCUT2D eigenvalue weighted by atomic mass is 16.2. The molecule has 22 heavy (non-hydrogen) atoms. The summed E-state index contributed by atoms with van der Waals surface area (Å²) in [6.07, 6.45) is 1.45. The number of carbonyl (C=O) groups excluding carboxylic acids is 3. The third kappa shape index (κ3) is 2.29. The van der Waals surface area contributed by atoms with Crippen molar-refractivity contribution < 1.29 is 14.4 Å². The largest absolute Gasteiger partial charge is 0.326 e. The first-order chi connectivity index (χ1) is 10.5. The van der Waals surface area contributed by atoms with Gasteiger partial charge < -0.3 is 10.6 Å². The first-order valence-corrected chi connectivity index (χ1v) is 7.49. The van der Waals surface area contributed by atoms with Crippen LogP contribution in [0.2, 0.25) is 0 Å². The molecule has 0 aliphatic carbocycles. The monoisotopic (exact) mass is 301 g/mol. The van der Waals surface area contributed by atoms with Gasteiger partial charge in [0.1, 0.15) is 6.04 Å². The SMILES string of the molecule is Cc1c(CN)ccc2c1CN([C@H]1CCCC(=O)NC1=O)C2=O. The highest BCUT2D eigenvalue weighted by Crippen LogP contribution is 2.30. The normalized spacial score (nSPS) is 21.6. The molecule has 1 aromatic rings. The first-order valence-electron chi connectivity index (χ1n) is 7.49. The van der Waals surface area contributed by atoms with Crippen LogP contribution in [-0.2, 0) is 22.7 Å². The summed E-state index contributed by atoms with van der Waals surface area (Å²) in [5.74, 6) is -0.783. The quantitative estimate of drug-likeness (QED) is 0.783. The van der Waals surface area contributed by atoms with E-state index in [0.29, 0.717) is 37.9 Å². The Morgan fingerprint density at radius 3 is 2.82 bits per heavy atom. The zero-order chi connectivity index (χ0) is 15.9. The fraction of sp³-hybridized carbons (Fsp3) is 0.438. The third-order valence-electron chi connectivity index (χ3n) is 4.57. The zero-order valence-corrected chi connectivity index (χ0v) is 12.5. The summed E-state index contributed by atoms with van der Waals surface area (Å²) >= 11 is 0. The van der Waals surface area contributed by atoms with Crippen molar-refractivity contribution in [2.45, 2.75) is 45.3 Å². The van der Waals surface area contributed by atoms with Gasteiger partial charge in [0.25, 0.3) is 5.91 Å². The molecule has 2 aliphatic heterocycles. The van der Waals surface area contributed by atoms with E-state index in [2.05, 4.69) is 5.32 Å². The molecule has 0 saturated carbocycles. The minimum absolute atomic E-state index is 0.142. The molecule has 3 rings (SSSR count). The third-order valence-corrected chi connectivity index (χ3v) is 4.57. The number of fused-ring (bicyclic) bond motifs is 1. The molecule has 2 aliphatic rings. The van der Waals surface area contributed by atoms with Gasteiger partial charge >= 0.3 is 0 Å². The first kappa shape index (κ1) is 14.7. The van der Waals surface area contributed by atoms with Crippen LogP contribution < -0.4 is 11.1 Å². The molecule has 6 nitrogen and oxygen atoms in total. The number of hydrogen-bond donors (Lipinski definition) is 2. The molecule has 0 unspecified atom stereocenters. The predicted octanol–water partition coefficient (Wildman–Crippen LogP) is 0.605. The molecule has 116 valence electrons. The lowest BCUT2D eigenvalue weighted by Crippen LogP contribution is -2.46. The summed E-state index contributed by atoms with van der Waals surface area (Å²) in [7, 11) is 0. The molecule has 1 saturated heterocycles. The number of nitrogens with one attached hydrogen (secondary N) is 1. The Balaban J connectivity index is 1.92. The Bertz CT molecular complexity index is 669. The van der Waals surface area contributed by atoms with Crippen molar-refractivity contribution in [3.8, 4) is 0 Å². The number of rotatable bonds is 2. The summed E-state index contributed by atoms with van der Waals surface area (Å²) in [5.41, 5.74) is 9.32. The highest BCUT2D eigenvalue weighted by molar-refractivity contribution is 6.04. The Kier molecular flexibility index (Phi) is 3.70. The number of imide groups is 1. The molecular weight excluding hydrogens is 282 g/mol. The Hall–Kier alpha value is -2.21. The molecule has 0 spiro atoms. The van der Waals surface area contributed by atoms with Crippen LogP contribution in [0.3, 0.4) is 0 Å². The average molecular weight is 301 g/mol. The molecular formula is C16H19N3O3. The van der Waals surface area contributed by atoms with Crippen LogP contribution >= 0.6 is 0 Å². The summed E-state index contributed by atoms with van der Waals surface area (Å²) < 4.78 is 0. The molecule has 2 heterocycles. The average Bonchev–Trinajstić information content (AvgIpc) is 2.72. The fourth-order valence-corrected chi connectivity index (χ4v) is 3.25. The van der Waals surface area contributed by atoms with Crippen molar-refractivity contribution in [2.24, 2.45) is 5.73 Å². The van der Waals surface area contributed by atoms with Gasteiger partial charge in [-0.2, -0.15) is 0 Å². The number of nitrogens with zero attached hydrogens (tertiary/aromatic N) is 1. The lowest BCUT2D eigenvalue weighted by atomic mass is 9.99. The summed E-state index contributed by atoms with van der Waals surface area (Å²) in [6, 6.07) is 3.07. The van der Waals surface area contributed by atoms with Gasteiger partial charge in [-0.3, -0.25) is 19.7 Å². The van der Waals surface area contributed by atoms with Crippen molar-refractivity contribution in [1.29, 1.82) is 0 Å². The van der Waals surface area contributed by atoms with E-state index >= 15 is 0 Å². The van der Waals surface area contributed by atoms with E-state index in [4.69, 9.17) is 5.73 Å². The molecule has 6 heteroatoms. The second-order valence-electron chi connectivity index (χ2n) is 5.83. The lowest BCUT2D eigenvalue weighted by molar-refractivity contribution is -0.132. The zero-order valence-electron chi connectivity index (χ0n) is 12.5. The van der Waals surface area contributed by atoms with E-state index in [1.54, 1.807) is 11.0 Å². The Morgan fingerprint density at radius 2 is 2.09 bits per heavy atom. The molecule has 0 bridgehead atoms. The summed E-state index contributed by atoms with van der Waals surface area (Å²) in [4.78, 5) is 37.8. The van der Waals surface area contributed by atoms with E-state index in [0.717, 1.165) is 16.7 Å². The smallest absolute Gasteiger partial charge is 0.255 e. The van der Waals surface area contributed by atoms with Crippen LogP contribution in [0, 0.1) is 6.92 Å². The molecule has 1 atom stereocenters. The van der Waals surface area contributed by atoms with Gasteiger partial charge in [0.2, 0.25) is 11.8 Å². The maximum absolute atomic E-state index is 12.6. The minimum atomic E-state index is -0.577. The maximum Gasteiger partial charge on any atom is 0.255 e. The van der Waals surface area contributed by atoms with Crippen LogP contribution in [0.15, 0.2) is 12.1 Å². The fourth-order valence-electron chi connectivity index (χ4n) is 3.25. The van der Waals surface area contributed by atoms with E-state index in [1.807, 2.05) is 13.0 Å². The van der Waals surface area contributed by atoms with Crippen molar-refractivity contribution in [3.63, 3.8) is 0 Å². The molecule has 1 fully saturated rings. The van der Waals surface area contributed by atoms with Gasteiger partial charge in [0.15, 0.2) is 0 Å².